The van der Waals surface area contributed by atoms with Crippen LogP contribution in [0.25, 0.3) is 0 Å². The van der Waals surface area contributed by atoms with Crippen molar-refractivity contribution in [3.63, 3.8) is 0 Å². The summed E-state index contributed by atoms with van der Waals surface area (Å²) in [5.74, 6) is -2.15. The number of amides is 3. The van der Waals surface area contributed by atoms with E-state index in [9.17, 15) is 19.2 Å². The number of alkyl carbamates (subject to hydrolysis) is 1. The molecule has 0 saturated heterocycles. The molecule has 32 heavy (non-hydrogen) atoms. The van der Waals surface area contributed by atoms with Crippen LogP contribution in [0.1, 0.15) is 54.3 Å². The van der Waals surface area contributed by atoms with Crippen LogP contribution in [0.5, 0.6) is 0 Å². The maximum atomic E-state index is 12.3. The van der Waals surface area contributed by atoms with Crippen LogP contribution in [0.15, 0.2) is 35.7 Å². The van der Waals surface area contributed by atoms with Crippen LogP contribution in [0, 0.1) is 0 Å². The Balaban J connectivity index is 1.84. The van der Waals surface area contributed by atoms with Gasteiger partial charge in [-0.05, 0) is 26.3 Å². The van der Waals surface area contributed by atoms with Crippen LogP contribution in [0.2, 0.25) is 0 Å². The first kappa shape index (κ1) is 24.8. The number of nitrogens with one attached hydrogen (secondary N) is 3. The molecular weight excluding hydrogens is 436 g/mol. The quantitative estimate of drug-likeness (QED) is 0.447. The van der Waals surface area contributed by atoms with Gasteiger partial charge in [0.2, 0.25) is 5.91 Å². The highest BCUT2D eigenvalue weighted by molar-refractivity contribution is 7.09. The van der Waals surface area contributed by atoms with Gasteiger partial charge in [0.05, 0.1) is 25.6 Å². The van der Waals surface area contributed by atoms with E-state index in [0.717, 1.165) is 0 Å². The molecule has 1 atom stereocenters. The second-order valence-corrected chi connectivity index (χ2v) is 8.74. The molecule has 0 radical (unpaired) electrons. The van der Waals surface area contributed by atoms with Crippen molar-refractivity contribution in [3.05, 3.63) is 52.0 Å². The average Bonchev–Trinajstić information content (AvgIpc) is 3.18. The van der Waals surface area contributed by atoms with E-state index in [0.29, 0.717) is 10.6 Å². The minimum absolute atomic E-state index is 0.0985. The third-order valence-corrected chi connectivity index (χ3v) is 4.74. The van der Waals surface area contributed by atoms with Gasteiger partial charge in [-0.15, -0.1) is 11.3 Å². The maximum absolute atomic E-state index is 12.3. The van der Waals surface area contributed by atoms with Crippen LogP contribution >= 0.6 is 11.3 Å². The Hall–Kier alpha value is -3.47. The van der Waals surface area contributed by atoms with Crippen LogP contribution in [-0.4, -0.2) is 46.1 Å². The van der Waals surface area contributed by atoms with Gasteiger partial charge in [-0.2, -0.15) is 0 Å². The predicted molar refractivity (Wildman–Crippen MR) is 117 cm³/mol. The van der Waals surface area contributed by atoms with Crippen molar-refractivity contribution >= 4 is 35.2 Å². The number of aliphatic carboxylic acids is 1. The molecule has 0 saturated carbocycles. The number of carboxylic acid groups (broad SMARTS) is 1. The van der Waals surface area contributed by atoms with Crippen molar-refractivity contribution in [1.29, 1.82) is 0 Å². The summed E-state index contributed by atoms with van der Waals surface area (Å²) in [5, 5.41) is 18.7. The van der Waals surface area contributed by atoms with Crippen LogP contribution < -0.4 is 16.0 Å². The van der Waals surface area contributed by atoms with E-state index in [1.807, 2.05) is 0 Å². The minimum atomic E-state index is -1.06. The molecule has 172 valence electrons. The lowest BCUT2D eigenvalue weighted by Crippen LogP contribution is -2.39. The van der Waals surface area contributed by atoms with Crippen LogP contribution in [0.3, 0.4) is 0 Å². The Labute approximate surface area is 189 Å². The third-order valence-electron chi connectivity index (χ3n) is 3.89. The van der Waals surface area contributed by atoms with E-state index in [-0.39, 0.29) is 25.2 Å². The molecule has 0 bridgehead atoms. The number of hydrogen-bond donors (Lipinski definition) is 4. The van der Waals surface area contributed by atoms with Gasteiger partial charge in [-0.1, -0.05) is 30.3 Å². The third kappa shape index (κ3) is 8.72. The molecule has 0 aliphatic carbocycles. The summed E-state index contributed by atoms with van der Waals surface area (Å²) in [7, 11) is 0. The highest BCUT2D eigenvalue weighted by Gasteiger charge is 2.20. The van der Waals surface area contributed by atoms with E-state index in [2.05, 4.69) is 20.9 Å². The van der Waals surface area contributed by atoms with E-state index in [1.165, 1.54) is 16.7 Å². The number of aromatic nitrogens is 1. The van der Waals surface area contributed by atoms with E-state index in [1.54, 1.807) is 51.1 Å². The molecule has 0 spiro atoms. The highest BCUT2D eigenvalue weighted by Crippen LogP contribution is 2.16. The first-order chi connectivity index (χ1) is 15.0. The number of hydrogen-bond acceptors (Lipinski definition) is 7. The lowest BCUT2D eigenvalue weighted by Gasteiger charge is -2.19. The molecule has 0 aliphatic heterocycles. The van der Waals surface area contributed by atoms with Crippen molar-refractivity contribution < 1.29 is 29.0 Å². The van der Waals surface area contributed by atoms with Crippen molar-refractivity contribution in [2.75, 3.05) is 6.54 Å². The summed E-state index contributed by atoms with van der Waals surface area (Å²) in [6, 6.07) is 7.99. The molecule has 4 N–H and O–H groups in total. The fourth-order valence-corrected chi connectivity index (χ4v) is 3.28. The Kier molecular flexibility index (Phi) is 8.71. The lowest BCUT2D eigenvalue weighted by molar-refractivity contribution is -0.137. The van der Waals surface area contributed by atoms with Gasteiger partial charge in [-0.25, -0.2) is 9.78 Å². The molecule has 1 heterocycles. The van der Waals surface area contributed by atoms with Gasteiger partial charge in [0, 0.05) is 5.38 Å². The Morgan fingerprint density at radius 2 is 1.81 bits per heavy atom. The molecule has 1 aromatic heterocycles. The highest BCUT2D eigenvalue weighted by atomic mass is 32.1. The van der Waals surface area contributed by atoms with Crippen LogP contribution in [-0.2, 0) is 20.9 Å². The molecule has 1 unspecified atom stereocenters. The fourth-order valence-electron chi connectivity index (χ4n) is 2.57. The molecule has 0 aliphatic rings. The molecule has 11 heteroatoms. The Morgan fingerprint density at radius 1 is 1.12 bits per heavy atom. The first-order valence-electron chi connectivity index (χ1n) is 9.79. The summed E-state index contributed by atoms with van der Waals surface area (Å²) in [4.78, 5) is 51.5. The summed E-state index contributed by atoms with van der Waals surface area (Å²) < 4.78 is 5.13. The number of benzene rings is 1. The zero-order chi connectivity index (χ0) is 23.7. The topological polar surface area (TPSA) is 147 Å². The second-order valence-electron chi connectivity index (χ2n) is 7.79. The van der Waals surface area contributed by atoms with Crippen molar-refractivity contribution in [2.45, 2.75) is 45.4 Å². The van der Waals surface area contributed by atoms with E-state index >= 15 is 0 Å². The van der Waals surface area contributed by atoms with Gasteiger partial charge < -0.3 is 25.8 Å². The zero-order valence-electron chi connectivity index (χ0n) is 18.0. The smallest absolute Gasteiger partial charge is 0.408 e. The summed E-state index contributed by atoms with van der Waals surface area (Å²) in [5.41, 5.74) is 0.132. The van der Waals surface area contributed by atoms with Gasteiger partial charge in [0.1, 0.15) is 16.3 Å². The largest absolute Gasteiger partial charge is 0.481 e. The standard InChI is InChI=1S/C21H26N4O6S/c1-21(2,3)31-20(30)23-11-17-25-15(12-32-17)19(29)22-10-16(26)24-14(9-18(27)28)13-7-5-4-6-8-13/h4-8,12,14H,9-11H2,1-3H3,(H,22,29)(H,23,30)(H,24,26)(H,27,28). The number of carbonyl (C=O) groups is 4. The number of ether oxygens (including phenoxy) is 1. The minimum Gasteiger partial charge on any atom is -0.481 e. The van der Waals surface area contributed by atoms with Gasteiger partial charge in [-0.3, -0.25) is 14.4 Å². The number of thiazole rings is 1. The normalized spacial score (nSPS) is 11.8. The monoisotopic (exact) mass is 462 g/mol. The van der Waals surface area contributed by atoms with Crippen molar-refractivity contribution in [2.24, 2.45) is 0 Å². The molecule has 2 aromatic rings. The van der Waals surface area contributed by atoms with Gasteiger partial charge in [0.25, 0.3) is 5.91 Å². The predicted octanol–water partition coefficient (Wildman–Crippen LogP) is 2.23. The summed E-state index contributed by atoms with van der Waals surface area (Å²) >= 11 is 1.18. The molecule has 1 aromatic carbocycles. The maximum Gasteiger partial charge on any atom is 0.408 e. The fraction of sp³-hybridized carbons (Fsp3) is 0.381. The van der Waals surface area contributed by atoms with Crippen molar-refractivity contribution in [3.8, 4) is 0 Å². The van der Waals surface area contributed by atoms with E-state index in [4.69, 9.17) is 9.84 Å². The summed E-state index contributed by atoms with van der Waals surface area (Å²) in [6.07, 6.45) is -0.881. The number of carbonyl (C=O) groups excluding carboxylic acids is 3. The first-order valence-corrected chi connectivity index (χ1v) is 10.7. The Bertz CT molecular complexity index is 955. The average molecular weight is 463 g/mol. The molecule has 10 nitrogen and oxygen atoms in total. The van der Waals surface area contributed by atoms with Crippen molar-refractivity contribution in [1.82, 2.24) is 20.9 Å². The molecular formula is C21H26N4O6S. The molecule has 0 fully saturated rings. The van der Waals surface area contributed by atoms with Gasteiger partial charge >= 0.3 is 12.1 Å². The Morgan fingerprint density at radius 3 is 2.44 bits per heavy atom. The van der Waals surface area contributed by atoms with Gasteiger partial charge in [0.15, 0.2) is 0 Å². The SMILES string of the molecule is CC(C)(C)OC(=O)NCc1nc(C(=O)NCC(=O)NC(CC(=O)O)c2ccccc2)cs1. The van der Waals surface area contributed by atoms with E-state index < -0.39 is 35.5 Å². The summed E-state index contributed by atoms with van der Waals surface area (Å²) in [6.45, 7) is 5.00. The second kappa shape index (κ2) is 11.2. The number of nitrogens with zero attached hydrogens (tertiary/aromatic N) is 1. The number of rotatable bonds is 9. The zero-order valence-corrected chi connectivity index (χ0v) is 18.8. The number of carboxylic acids is 1. The van der Waals surface area contributed by atoms with Crippen LogP contribution in [0.4, 0.5) is 4.79 Å². The molecule has 2 rings (SSSR count). The lowest BCUT2D eigenvalue weighted by atomic mass is 10.0. The molecule has 3 amide bonds.